The summed E-state index contributed by atoms with van der Waals surface area (Å²) in [5.74, 6) is 0.764. The highest BCUT2D eigenvalue weighted by Crippen LogP contribution is 2.36. The molecule has 3 heterocycles. The van der Waals surface area contributed by atoms with Gasteiger partial charge in [0.05, 0.1) is 5.60 Å². The van der Waals surface area contributed by atoms with Crippen LogP contribution in [0.5, 0.6) is 5.75 Å². The van der Waals surface area contributed by atoms with Gasteiger partial charge in [-0.15, -0.1) is 10.2 Å². The van der Waals surface area contributed by atoms with Gasteiger partial charge in [0.2, 0.25) is 0 Å². The van der Waals surface area contributed by atoms with Gasteiger partial charge >= 0.3 is 0 Å². The molecule has 2 N–H and O–H groups in total. The molecule has 27 heavy (non-hydrogen) atoms. The van der Waals surface area contributed by atoms with Crippen molar-refractivity contribution in [3.05, 3.63) is 41.7 Å². The predicted octanol–water partition coefficient (Wildman–Crippen LogP) is 4.42. The number of nitrogens with zero attached hydrogens (tertiary/aromatic N) is 3. The predicted molar refractivity (Wildman–Crippen MR) is 106 cm³/mol. The van der Waals surface area contributed by atoms with Gasteiger partial charge in [0.1, 0.15) is 11.4 Å². The summed E-state index contributed by atoms with van der Waals surface area (Å²) in [6.45, 7) is 4.90. The molecule has 1 aliphatic heterocycles. The van der Waals surface area contributed by atoms with Crippen molar-refractivity contribution in [1.29, 1.82) is 0 Å². The molecular formula is C20H21ClN4O2. The minimum absolute atomic E-state index is 0.0711. The SMILES string of the molecule is CC1(C)C[C@H](Nc2nnc(-c3ccc(Cl)cc3O)c3ccncc23)CCO1. The van der Waals surface area contributed by atoms with Crippen LogP contribution >= 0.6 is 11.6 Å². The first-order chi connectivity index (χ1) is 12.9. The van der Waals surface area contributed by atoms with Gasteiger partial charge in [-0.2, -0.15) is 0 Å². The van der Waals surface area contributed by atoms with E-state index in [2.05, 4.69) is 34.3 Å². The van der Waals surface area contributed by atoms with Crippen molar-refractivity contribution in [1.82, 2.24) is 15.2 Å². The average molecular weight is 385 g/mol. The van der Waals surface area contributed by atoms with Crippen LogP contribution in [0.4, 0.5) is 5.82 Å². The number of anilines is 1. The quantitative estimate of drug-likeness (QED) is 0.695. The maximum atomic E-state index is 10.3. The van der Waals surface area contributed by atoms with Crippen LogP contribution in [-0.4, -0.2) is 38.5 Å². The fourth-order valence-corrected chi connectivity index (χ4v) is 3.72. The van der Waals surface area contributed by atoms with Crippen LogP contribution in [0.1, 0.15) is 26.7 Å². The Hall–Kier alpha value is -2.44. The van der Waals surface area contributed by atoms with E-state index in [1.807, 2.05) is 6.07 Å². The number of phenols is 1. The molecule has 1 saturated heterocycles. The largest absolute Gasteiger partial charge is 0.507 e. The molecule has 0 saturated carbocycles. The van der Waals surface area contributed by atoms with Gasteiger partial charge in [0, 0.05) is 46.4 Å². The van der Waals surface area contributed by atoms with Crippen molar-refractivity contribution in [2.45, 2.75) is 38.3 Å². The summed E-state index contributed by atoms with van der Waals surface area (Å²) in [5, 5.41) is 24.8. The zero-order valence-electron chi connectivity index (χ0n) is 15.2. The van der Waals surface area contributed by atoms with E-state index in [0.717, 1.165) is 23.6 Å². The lowest BCUT2D eigenvalue weighted by atomic mass is 9.94. The molecular weight excluding hydrogens is 364 g/mol. The van der Waals surface area contributed by atoms with E-state index >= 15 is 0 Å². The Morgan fingerprint density at radius 2 is 2.07 bits per heavy atom. The molecule has 0 unspecified atom stereocenters. The van der Waals surface area contributed by atoms with Crippen LogP contribution < -0.4 is 5.32 Å². The molecule has 140 valence electrons. The highest BCUT2D eigenvalue weighted by molar-refractivity contribution is 6.30. The van der Waals surface area contributed by atoms with Crippen molar-refractivity contribution in [3.8, 4) is 17.0 Å². The van der Waals surface area contributed by atoms with Gasteiger partial charge in [-0.25, -0.2) is 0 Å². The smallest absolute Gasteiger partial charge is 0.158 e. The average Bonchev–Trinajstić information content (AvgIpc) is 2.62. The highest BCUT2D eigenvalue weighted by Gasteiger charge is 2.29. The van der Waals surface area contributed by atoms with Crippen LogP contribution in [0.3, 0.4) is 0 Å². The van der Waals surface area contributed by atoms with Gasteiger partial charge in [-0.05, 0) is 51.0 Å². The van der Waals surface area contributed by atoms with E-state index in [0.29, 0.717) is 28.7 Å². The number of aromatic nitrogens is 3. The van der Waals surface area contributed by atoms with Crippen molar-refractivity contribution in [2.24, 2.45) is 0 Å². The van der Waals surface area contributed by atoms with Gasteiger partial charge < -0.3 is 15.2 Å². The lowest BCUT2D eigenvalue weighted by Crippen LogP contribution is -2.40. The molecule has 4 rings (SSSR count). The van der Waals surface area contributed by atoms with Gasteiger partial charge in [-0.1, -0.05) is 11.6 Å². The molecule has 1 aliphatic rings. The van der Waals surface area contributed by atoms with Crippen molar-refractivity contribution < 1.29 is 9.84 Å². The first-order valence-electron chi connectivity index (χ1n) is 8.93. The summed E-state index contributed by atoms with van der Waals surface area (Å²) in [7, 11) is 0. The van der Waals surface area contributed by atoms with Crippen molar-refractivity contribution in [2.75, 3.05) is 11.9 Å². The maximum absolute atomic E-state index is 10.3. The van der Waals surface area contributed by atoms with Gasteiger partial charge in [0.25, 0.3) is 0 Å². The fraction of sp³-hybridized carbons (Fsp3) is 0.350. The molecule has 2 aromatic heterocycles. The van der Waals surface area contributed by atoms with Gasteiger partial charge in [0.15, 0.2) is 5.82 Å². The zero-order valence-corrected chi connectivity index (χ0v) is 16.0. The van der Waals surface area contributed by atoms with Crippen LogP contribution in [-0.2, 0) is 4.74 Å². The van der Waals surface area contributed by atoms with Crippen LogP contribution in [0.25, 0.3) is 22.0 Å². The highest BCUT2D eigenvalue weighted by atomic mass is 35.5. The maximum Gasteiger partial charge on any atom is 0.158 e. The molecule has 0 spiro atoms. The summed E-state index contributed by atoms with van der Waals surface area (Å²) in [6, 6.07) is 7.10. The minimum atomic E-state index is -0.160. The lowest BCUT2D eigenvalue weighted by molar-refractivity contribution is -0.0553. The lowest BCUT2D eigenvalue weighted by Gasteiger charge is -2.36. The molecule has 0 aliphatic carbocycles. The van der Waals surface area contributed by atoms with E-state index in [9.17, 15) is 5.11 Å². The fourth-order valence-electron chi connectivity index (χ4n) is 3.56. The van der Waals surface area contributed by atoms with E-state index in [4.69, 9.17) is 16.3 Å². The summed E-state index contributed by atoms with van der Waals surface area (Å²) < 4.78 is 5.79. The minimum Gasteiger partial charge on any atom is -0.507 e. The first-order valence-corrected chi connectivity index (χ1v) is 9.30. The van der Waals surface area contributed by atoms with Crippen molar-refractivity contribution in [3.63, 3.8) is 0 Å². The van der Waals surface area contributed by atoms with E-state index in [1.54, 1.807) is 24.5 Å². The molecule has 0 radical (unpaired) electrons. The Labute approximate surface area is 162 Å². The number of halogens is 1. The number of aromatic hydroxyl groups is 1. The third-order valence-electron chi connectivity index (χ3n) is 4.83. The van der Waals surface area contributed by atoms with Crippen LogP contribution in [0, 0.1) is 0 Å². The normalized spacial score (nSPS) is 19.1. The summed E-state index contributed by atoms with van der Waals surface area (Å²) in [5.41, 5.74) is 1.02. The van der Waals surface area contributed by atoms with Crippen LogP contribution in [0.2, 0.25) is 5.02 Å². The molecule has 6 nitrogen and oxygen atoms in total. The van der Waals surface area contributed by atoms with E-state index < -0.39 is 0 Å². The second-order valence-corrected chi connectivity index (χ2v) is 7.86. The van der Waals surface area contributed by atoms with E-state index in [1.165, 1.54) is 6.07 Å². The van der Waals surface area contributed by atoms with E-state index in [-0.39, 0.29) is 17.4 Å². The van der Waals surface area contributed by atoms with Crippen molar-refractivity contribution >= 4 is 28.2 Å². The topological polar surface area (TPSA) is 80.2 Å². The second kappa shape index (κ2) is 6.94. The number of rotatable bonds is 3. The number of hydrogen-bond acceptors (Lipinski definition) is 6. The third-order valence-corrected chi connectivity index (χ3v) is 5.07. The number of nitrogens with one attached hydrogen (secondary N) is 1. The molecule has 1 atom stereocenters. The molecule has 3 aromatic rings. The number of phenolic OH excluding ortho intramolecular Hbond substituents is 1. The standard InChI is InChI=1S/C20H21ClN4O2/c1-20(2)10-13(6-8-27-20)23-19-16-11-22-7-5-14(16)18(24-25-19)15-4-3-12(21)9-17(15)26/h3-5,7,9,11,13,26H,6,8,10H2,1-2H3,(H,23,25)/t13-/m1/s1. The molecule has 0 amide bonds. The summed E-state index contributed by atoms with van der Waals surface area (Å²) >= 11 is 5.95. The molecule has 0 bridgehead atoms. The number of hydrogen-bond donors (Lipinski definition) is 2. The molecule has 1 fully saturated rings. The Morgan fingerprint density at radius 1 is 1.22 bits per heavy atom. The number of fused-ring (bicyclic) bond motifs is 1. The monoisotopic (exact) mass is 384 g/mol. The number of benzene rings is 1. The zero-order chi connectivity index (χ0) is 19.0. The Morgan fingerprint density at radius 3 is 2.85 bits per heavy atom. The Balaban J connectivity index is 1.74. The Kier molecular flexibility index (Phi) is 4.61. The van der Waals surface area contributed by atoms with Gasteiger partial charge in [-0.3, -0.25) is 4.98 Å². The van der Waals surface area contributed by atoms with Crippen LogP contribution in [0.15, 0.2) is 36.7 Å². The summed E-state index contributed by atoms with van der Waals surface area (Å²) in [4.78, 5) is 4.25. The first kappa shape index (κ1) is 17.9. The summed E-state index contributed by atoms with van der Waals surface area (Å²) in [6.07, 6.45) is 5.28. The number of pyridine rings is 1. The Bertz CT molecular complexity index is 993. The third kappa shape index (κ3) is 3.68. The molecule has 7 heteroatoms. The molecule has 1 aromatic carbocycles. The number of ether oxygens (including phenoxy) is 1. The second-order valence-electron chi connectivity index (χ2n) is 7.42.